The summed E-state index contributed by atoms with van der Waals surface area (Å²) in [7, 11) is -3.34. The molecule has 2 aromatic carbocycles. The largest absolute Gasteiger partial charge is 0.489 e. The predicted octanol–water partition coefficient (Wildman–Crippen LogP) is 4.48. The van der Waals surface area contributed by atoms with Crippen LogP contribution >= 0.6 is 0 Å². The highest BCUT2D eigenvalue weighted by molar-refractivity contribution is 7.91. The van der Waals surface area contributed by atoms with E-state index in [0.717, 1.165) is 12.1 Å². The molecule has 0 radical (unpaired) electrons. The van der Waals surface area contributed by atoms with Crippen molar-refractivity contribution in [2.75, 3.05) is 23.8 Å². The van der Waals surface area contributed by atoms with Crippen LogP contribution in [0.25, 0.3) is 0 Å². The normalized spacial score (nSPS) is 17.5. The third-order valence-electron chi connectivity index (χ3n) is 6.55. The summed E-state index contributed by atoms with van der Waals surface area (Å²) in [5.41, 5.74) is -0.0287. The van der Waals surface area contributed by atoms with Crippen LogP contribution in [0.5, 0.6) is 5.75 Å². The zero-order valence-corrected chi connectivity index (χ0v) is 23.0. The molecule has 0 unspecified atom stereocenters. The van der Waals surface area contributed by atoms with Crippen molar-refractivity contribution in [3.63, 3.8) is 0 Å². The second kappa shape index (κ2) is 13.0. The second-order valence-corrected chi connectivity index (χ2v) is 11.7. The Morgan fingerprint density at radius 2 is 1.71 bits per heavy atom. The molecule has 2 atom stereocenters. The molecule has 1 N–H and O–H groups in total. The van der Waals surface area contributed by atoms with Crippen LogP contribution in [0.2, 0.25) is 0 Å². The van der Waals surface area contributed by atoms with Gasteiger partial charge in [-0.05, 0) is 42.0 Å². The summed E-state index contributed by atoms with van der Waals surface area (Å²) in [5.74, 6) is -0.212. The van der Waals surface area contributed by atoms with Crippen molar-refractivity contribution in [1.29, 1.82) is 0 Å². The molecule has 1 aromatic heterocycles. The van der Waals surface area contributed by atoms with Crippen molar-refractivity contribution in [3.05, 3.63) is 77.6 Å². The SMILES string of the molecule is CCS(=O)(=O)c1ccc(CNC(=O)c2cnc(N3C[C@H](Oc4ccc(C(F)(F)F)cc4)C[C@H]3COC(F)F)nc2)cc1. The molecule has 15 heteroatoms. The van der Waals surface area contributed by atoms with Crippen LogP contribution in [0.3, 0.4) is 0 Å². The first-order chi connectivity index (χ1) is 19.9. The minimum absolute atomic E-state index is 0.0245. The van der Waals surface area contributed by atoms with E-state index in [9.17, 15) is 35.2 Å². The molecular formula is C27H27F5N4O5S. The van der Waals surface area contributed by atoms with Crippen molar-refractivity contribution in [2.24, 2.45) is 0 Å². The third kappa shape index (κ3) is 7.91. The molecule has 1 amide bonds. The predicted molar refractivity (Wildman–Crippen MR) is 141 cm³/mol. The maximum atomic E-state index is 12.8. The van der Waals surface area contributed by atoms with Crippen molar-refractivity contribution >= 4 is 21.7 Å². The monoisotopic (exact) mass is 614 g/mol. The Kier molecular flexibility index (Phi) is 9.61. The second-order valence-electron chi connectivity index (χ2n) is 9.40. The molecule has 3 aromatic rings. The van der Waals surface area contributed by atoms with Gasteiger partial charge >= 0.3 is 12.8 Å². The Bertz CT molecular complexity index is 1450. The van der Waals surface area contributed by atoms with Crippen LogP contribution in [-0.2, 0) is 27.3 Å². The first kappa shape index (κ1) is 31.1. The van der Waals surface area contributed by atoms with Crippen molar-refractivity contribution < 1.29 is 44.6 Å². The van der Waals surface area contributed by atoms with Gasteiger partial charge in [0.2, 0.25) is 5.95 Å². The van der Waals surface area contributed by atoms with E-state index < -0.39 is 46.2 Å². The molecule has 1 aliphatic heterocycles. The first-order valence-electron chi connectivity index (χ1n) is 12.8. The summed E-state index contributed by atoms with van der Waals surface area (Å²) >= 11 is 0. The Hall–Kier alpha value is -3.85. The van der Waals surface area contributed by atoms with E-state index in [1.54, 1.807) is 24.0 Å². The molecule has 0 bridgehead atoms. The maximum Gasteiger partial charge on any atom is 0.416 e. The number of halogens is 5. The fraction of sp³-hybridized carbons (Fsp3) is 0.370. The van der Waals surface area contributed by atoms with Gasteiger partial charge in [0, 0.05) is 25.4 Å². The van der Waals surface area contributed by atoms with Gasteiger partial charge in [-0.25, -0.2) is 18.4 Å². The lowest BCUT2D eigenvalue weighted by Crippen LogP contribution is -2.35. The molecule has 226 valence electrons. The molecule has 0 saturated carbocycles. The van der Waals surface area contributed by atoms with Crippen LogP contribution < -0.4 is 15.0 Å². The number of anilines is 1. The Morgan fingerprint density at radius 3 is 2.29 bits per heavy atom. The average Bonchev–Trinajstić information content (AvgIpc) is 3.37. The van der Waals surface area contributed by atoms with Gasteiger partial charge < -0.3 is 19.7 Å². The number of carbonyl (C=O) groups excluding carboxylic acids is 1. The number of carbonyl (C=O) groups is 1. The molecule has 1 fully saturated rings. The van der Waals surface area contributed by atoms with Gasteiger partial charge in [0.1, 0.15) is 11.9 Å². The molecule has 0 aliphatic carbocycles. The number of sulfone groups is 1. The summed E-state index contributed by atoms with van der Waals surface area (Å²) in [6, 6.07) is 9.65. The van der Waals surface area contributed by atoms with Crippen LogP contribution in [0, 0.1) is 0 Å². The van der Waals surface area contributed by atoms with E-state index >= 15 is 0 Å². The van der Waals surface area contributed by atoms with E-state index in [2.05, 4.69) is 20.0 Å². The van der Waals surface area contributed by atoms with Gasteiger partial charge in [-0.2, -0.15) is 22.0 Å². The smallest absolute Gasteiger partial charge is 0.416 e. The van der Waals surface area contributed by atoms with Gasteiger partial charge in [-0.3, -0.25) is 4.79 Å². The van der Waals surface area contributed by atoms with E-state index in [4.69, 9.17) is 4.74 Å². The molecule has 1 aliphatic rings. The zero-order valence-electron chi connectivity index (χ0n) is 22.2. The lowest BCUT2D eigenvalue weighted by Gasteiger charge is -2.23. The van der Waals surface area contributed by atoms with E-state index in [0.29, 0.717) is 5.56 Å². The molecular weight excluding hydrogens is 587 g/mol. The summed E-state index contributed by atoms with van der Waals surface area (Å²) in [6.07, 6.45) is -2.34. The van der Waals surface area contributed by atoms with Crippen LogP contribution in [-0.4, -0.2) is 62.0 Å². The molecule has 2 heterocycles. The van der Waals surface area contributed by atoms with Crippen LogP contribution in [0.4, 0.5) is 27.9 Å². The molecule has 9 nitrogen and oxygen atoms in total. The van der Waals surface area contributed by atoms with Gasteiger partial charge in [0.25, 0.3) is 5.91 Å². The minimum atomic E-state index is -4.49. The topological polar surface area (TPSA) is 111 Å². The number of amides is 1. The maximum absolute atomic E-state index is 12.8. The number of rotatable bonds is 11. The molecule has 0 spiro atoms. The zero-order chi connectivity index (χ0) is 30.5. The molecule has 42 heavy (non-hydrogen) atoms. The summed E-state index contributed by atoms with van der Waals surface area (Å²) in [6.45, 7) is -1.59. The fourth-order valence-electron chi connectivity index (χ4n) is 4.31. The quantitative estimate of drug-likeness (QED) is 0.315. The third-order valence-corrected chi connectivity index (χ3v) is 8.30. The van der Waals surface area contributed by atoms with Crippen molar-refractivity contribution in [3.8, 4) is 5.75 Å². The lowest BCUT2D eigenvalue weighted by molar-refractivity contribution is -0.137. The fourth-order valence-corrected chi connectivity index (χ4v) is 5.20. The van der Waals surface area contributed by atoms with E-state index in [1.807, 2.05) is 0 Å². The minimum Gasteiger partial charge on any atom is -0.489 e. The van der Waals surface area contributed by atoms with Crippen molar-refractivity contribution in [1.82, 2.24) is 15.3 Å². The number of hydrogen-bond donors (Lipinski definition) is 1. The number of alkyl halides is 5. The highest BCUT2D eigenvalue weighted by atomic mass is 32.2. The molecule has 1 saturated heterocycles. The summed E-state index contributed by atoms with van der Waals surface area (Å²) in [5, 5.41) is 2.69. The van der Waals surface area contributed by atoms with Crippen LogP contribution in [0.1, 0.15) is 34.8 Å². The Labute approximate surface area is 238 Å². The van der Waals surface area contributed by atoms with Crippen molar-refractivity contribution in [2.45, 2.75) is 49.7 Å². The number of benzene rings is 2. The van der Waals surface area contributed by atoms with Gasteiger partial charge in [0.15, 0.2) is 9.84 Å². The number of aromatic nitrogens is 2. The van der Waals surface area contributed by atoms with Gasteiger partial charge in [-0.15, -0.1) is 0 Å². The lowest BCUT2D eigenvalue weighted by atomic mass is 10.2. The van der Waals surface area contributed by atoms with Crippen LogP contribution in [0.15, 0.2) is 65.8 Å². The average molecular weight is 615 g/mol. The number of nitrogens with one attached hydrogen (secondary N) is 1. The Balaban J connectivity index is 1.39. The summed E-state index contributed by atoms with van der Waals surface area (Å²) in [4.78, 5) is 22.8. The molecule has 4 rings (SSSR count). The van der Waals surface area contributed by atoms with Gasteiger partial charge in [0.05, 0.1) is 41.0 Å². The highest BCUT2D eigenvalue weighted by Crippen LogP contribution is 2.32. The summed E-state index contributed by atoms with van der Waals surface area (Å²) < 4.78 is 98.2. The number of hydrogen-bond acceptors (Lipinski definition) is 8. The van der Waals surface area contributed by atoms with E-state index in [1.165, 1.54) is 36.7 Å². The highest BCUT2D eigenvalue weighted by Gasteiger charge is 2.36. The first-order valence-corrected chi connectivity index (χ1v) is 14.4. The standard InChI is InChI=1S/C27H27F5N4O5S/c1-2-42(38,39)23-9-3-17(4-10-23)12-33-24(37)18-13-34-26(35-14-18)36-15-22(11-20(36)16-40-25(28)29)41-21-7-5-19(6-8-21)27(30,31)32/h3-10,13-14,20,22,25H,2,11-12,15-16H2,1H3,(H,33,37)/t20-,22+/m0/s1. The Morgan fingerprint density at radius 1 is 1.07 bits per heavy atom. The number of nitrogens with zero attached hydrogens (tertiary/aromatic N) is 3. The van der Waals surface area contributed by atoms with Gasteiger partial charge in [-0.1, -0.05) is 19.1 Å². The van der Waals surface area contributed by atoms with E-state index in [-0.39, 0.29) is 54.0 Å². The number of ether oxygens (including phenoxy) is 2.